The fraction of sp³-hybridized carbons (Fsp3) is 0.292. The van der Waals surface area contributed by atoms with E-state index in [-0.39, 0.29) is 12.4 Å². The summed E-state index contributed by atoms with van der Waals surface area (Å²) in [6.45, 7) is 2.76. The van der Waals surface area contributed by atoms with Gasteiger partial charge in [0, 0.05) is 48.6 Å². The van der Waals surface area contributed by atoms with Gasteiger partial charge in [0.25, 0.3) is 0 Å². The molecule has 0 bridgehead atoms. The molecule has 0 saturated heterocycles. The number of halogens is 1. The van der Waals surface area contributed by atoms with Crippen LogP contribution in [0.3, 0.4) is 0 Å². The number of sulfonamides is 1. The molecule has 5 heterocycles. The topological polar surface area (TPSA) is 125 Å². The summed E-state index contributed by atoms with van der Waals surface area (Å²) in [5, 5.41) is 22.4. The molecule has 4 aromatic rings. The van der Waals surface area contributed by atoms with Crippen LogP contribution in [-0.2, 0) is 22.4 Å². The molecule has 0 aliphatic carbocycles. The van der Waals surface area contributed by atoms with E-state index in [0.29, 0.717) is 46.8 Å². The second kappa shape index (κ2) is 8.22. The van der Waals surface area contributed by atoms with Crippen LogP contribution >= 0.6 is 0 Å². The van der Waals surface area contributed by atoms with Crippen LogP contribution in [-0.4, -0.2) is 51.2 Å². The lowest BCUT2D eigenvalue weighted by atomic mass is 9.95. The Morgan fingerprint density at radius 2 is 1.94 bits per heavy atom. The van der Waals surface area contributed by atoms with Gasteiger partial charge in [0.1, 0.15) is 11.6 Å². The largest absolute Gasteiger partial charge is 0.387 e. The van der Waals surface area contributed by atoms with Crippen molar-refractivity contribution in [1.29, 1.82) is 0 Å². The van der Waals surface area contributed by atoms with Gasteiger partial charge in [-0.25, -0.2) is 22.5 Å². The summed E-state index contributed by atoms with van der Waals surface area (Å²) in [4.78, 5) is 8.79. The summed E-state index contributed by atoms with van der Waals surface area (Å²) in [5.41, 5.74) is 3.98. The molecular formula is C24H24FN7O3S. The fourth-order valence-electron chi connectivity index (χ4n) is 4.75. The van der Waals surface area contributed by atoms with Gasteiger partial charge in [0.15, 0.2) is 11.7 Å². The SMILES string of the molecule is Cc1c(-c2cc3cc(Nc4cc5n(n4)CS(=O)(=O)N(C)C5)ncc3cc2F)cnc2c1NCCC2O. The number of aromatic nitrogens is 4. The third-order valence-corrected chi connectivity index (χ3v) is 8.41. The fourth-order valence-corrected chi connectivity index (χ4v) is 5.81. The Labute approximate surface area is 206 Å². The van der Waals surface area contributed by atoms with Gasteiger partial charge >= 0.3 is 0 Å². The molecule has 1 atom stereocenters. The zero-order valence-corrected chi connectivity index (χ0v) is 20.5. The first kappa shape index (κ1) is 22.8. The van der Waals surface area contributed by atoms with Gasteiger partial charge < -0.3 is 15.7 Å². The van der Waals surface area contributed by atoms with Gasteiger partial charge in [-0.15, -0.1) is 0 Å². The molecule has 12 heteroatoms. The highest BCUT2D eigenvalue weighted by atomic mass is 32.2. The molecule has 0 fully saturated rings. The number of fused-ring (bicyclic) bond motifs is 3. The van der Waals surface area contributed by atoms with Crippen LogP contribution < -0.4 is 10.6 Å². The van der Waals surface area contributed by atoms with Gasteiger partial charge in [0.2, 0.25) is 10.0 Å². The van der Waals surface area contributed by atoms with Crippen LogP contribution in [0.4, 0.5) is 21.7 Å². The maximum absolute atomic E-state index is 15.2. The second-order valence-corrected chi connectivity index (χ2v) is 11.2. The Bertz CT molecular complexity index is 1640. The maximum Gasteiger partial charge on any atom is 0.234 e. The van der Waals surface area contributed by atoms with E-state index in [1.807, 2.05) is 6.92 Å². The van der Waals surface area contributed by atoms with Crippen molar-refractivity contribution < 1.29 is 17.9 Å². The van der Waals surface area contributed by atoms with Crippen molar-refractivity contribution in [3.63, 3.8) is 0 Å². The molecule has 3 aromatic heterocycles. The molecule has 6 rings (SSSR count). The van der Waals surface area contributed by atoms with Crippen molar-refractivity contribution in [2.24, 2.45) is 0 Å². The number of aliphatic hydroxyl groups is 1. The highest BCUT2D eigenvalue weighted by Crippen LogP contribution is 2.38. The number of nitrogens with zero attached hydrogens (tertiary/aromatic N) is 5. The van der Waals surface area contributed by atoms with Gasteiger partial charge in [0.05, 0.1) is 29.7 Å². The molecule has 36 heavy (non-hydrogen) atoms. The first-order chi connectivity index (χ1) is 17.2. The summed E-state index contributed by atoms with van der Waals surface area (Å²) < 4.78 is 42.2. The van der Waals surface area contributed by atoms with Crippen LogP contribution in [0.25, 0.3) is 21.9 Å². The predicted molar refractivity (Wildman–Crippen MR) is 134 cm³/mol. The molecule has 3 N–H and O–H groups in total. The number of benzene rings is 1. The number of rotatable bonds is 3. The van der Waals surface area contributed by atoms with E-state index in [1.165, 1.54) is 15.1 Å². The average Bonchev–Trinajstić information content (AvgIpc) is 3.20. The molecule has 2 aliphatic rings. The molecule has 0 radical (unpaired) electrons. The van der Waals surface area contributed by atoms with Crippen molar-refractivity contribution in [3.8, 4) is 11.1 Å². The van der Waals surface area contributed by atoms with Crippen molar-refractivity contribution in [1.82, 2.24) is 24.1 Å². The highest BCUT2D eigenvalue weighted by molar-refractivity contribution is 7.88. The number of pyridine rings is 2. The van der Waals surface area contributed by atoms with E-state index < -0.39 is 21.9 Å². The molecular weight excluding hydrogens is 485 g/mol. The van der Waals surface area contributed by atoms with Gasteiger partial charge in [-0.05, 0) is 42.5 Å². The smallest absolute Gasteiger partial charge is 0.234 e. The van der Waals surface area contributed by atoms with E-state index >= 15 is 4.39 Å². The summed E-state index contributed by atoms with van der Waals surface area (Å²) in [7, 11) is -1.84. The number of nitrogens with one attached hydrogen (secondary N) is 2. The first-order valence-electron chi connectivity index (χ1n) is 11.5. The lowest BCUT2D eigenvalue weighted by Gasteiger charge is -2.25. The number of hydrogen-bond donors (Lipinski definition) is 3. The molecule has 1 aromatic carbocycles. The average molecular weight is 510 g/mol. The van der Waals surface area contributed by atoms with Gasteiger partial charge in [-0.3, -0.25) is 4.98 Å². The normalized spacial score (nSPS) is 18.9. The Kier molecular flexibility index (Phi) is 5.21. The highest BCUT2D eigenvalue weighted by Gasteiger charge is 2.28. The van der Waals surface area contributed by atoms with Crippen LogP contribution in [0.2, 0.25) is 0 Å². The van der Waals surface area contributed by atoms with Crippen LogP contribution in [0.5, 0.6) is 0 Å². The zero-order chi connectivity index (χ0) is 25.2. The quantitative estimate of drug-likeness (QED) is 0.384. The van der Waals surface area contributed by atoms with E-state index in [0.717, 1.165) is 22.3 Å². The molecule has 0 spiro atoms. The minimum atomic E-state index is -3.38. The van der Waals surface area contributed by atoms with Crippen LogP contribution in [0.15, 0.2) is 36.7 Å². The van der Waals surface area contributed by atoms with Crippen LogP contribution in [0, 0.1) is 12.7 Å². The summed E-state index contributed by atoms with van der Waals surface area (Å²) in [6.07, 6.45) is 3.13. The van der Waals surface area contributed by atoms with E-state index in [2.05, 4.69) is 25.7 Å². The lowest BCUT2D eigenvalue weighted by Crippen LogP contribution is -2.35. The second-order valence-electron chi connectivity index (χ2n) is 9.18. The zero-order valence-electron chi connectivity index (χ0n) is 19.7. The van der Waals surface area contributed by atoms with Crippen molar-refractivity contribution in [3.05, 3.63) is 59.4 Å². The van der Waals surface area contributed by atoms with E-state index in [1.54, 1.807) is 37.6 Å². The van der Waals surface area contributed by atoms with Crippen molar-refractivity contribution in [2.75, 3.05) is 24.2 Å². The Balaban J connectivity index is 1.35. The molecule has 2 aliphatic heterocycles. The number of hydrogen-bond acceptors (Lipinski definition) is 8. The predicted octanol–water partition coefficient (Wildman–Crippen LogP) is 3.27. The third-order valence-electron chi connectivity index (χ3n) is 6.77. The van der Waals surface area contributed by atoms with E-state index in [9.17, 15) is 13.5 Å². The third kappa shape index (κ3) is 3.77. The molecule has 1 unspecified atom stereocenters. The minimum absolute atomic E-state index is 0.214. The lowest BCUT2D eigenvalue weighted by molar-refractivity contribution is 0.163. The Hall–Kier alpha value is -3.61. The summed E-state index contributed by atoms with van der Waals surface area (Å²) in [5.74, 6) is 0.369. The van der Waals surface area contributed by atoms with Gasteiger partial charge in [-0.2, -0.15) is 9.40 Å². The monoisotopic (exact) mass is 509 g/mol. The number of aliphatic hydroxyl groups excluding tert-OH is 1. The Morgan fingerprint density at radius 3 is 2.78 bits per heavy atom. The Morgan fingerprint density at radius 1 is 1.11 bits per heavy atom. The minimum Gasteiger partial charge on any atom is -0.387 e. The van der Waals surface area contributed by atoms with E-state index in [4.69, 9.17) is 0 Å². The maximum atomic E-state index is 15.2. The molecule has 0 saturated carbocycles. The molecule has 0 amide bonds. The summed E-state index contributed by atoms with van der Waals surface area (Å²) >= 11 is 0. The first-order valence-corrected chi connectivity index (χ1v) is 13.1. The van der Waals surface area contributed by atoms with Crippen molar-refractivity contribution in [2.45, 2.75) is 31.9 Å². The number of anilines is 3. The van der Waals surface area contributed by atoms with Gasteiger partial charge in [-0.1, -0.05) is 0 Å². The van der Waals surface area contributed by atoms with Crippen LogP contribution in [0.1, 0.15) is 29.5 Å². The molecule has 186 valence electrons. The summed E-state index contributed by atoms with van der Waals surface area (Å²) in [6, 6.07) is 6.78. The van der Waals surface area contributed by atoms with Crippen molar-refractivity contribution >= 4 is 38.1 Å². The molecule has 10 nitrogen and oxygen atoms in total. The standard InChI is InChI=1S/C24H24FN7O3S/c1-13-18(10-28-24-20(33)3-4-26-23(13)24)17-5-14-7-21(27-9-15(14)6-19(17)25)29-22-8-16-11-31(2)36(34,35)12-32(16)30-22/h5-10,20,26,33H,3-4,11-12H2,1-2H3,(H,27,29,30).